The lowest BCUT2D eigenvalue weighted by molar-refractivity contribution is -0.122. The van der Waals surface area contributed by atoms with Crippen LogP contribution in [0, 0.1) is 24.6 Å². The third-order valence-electron chi connectivity index (χ3n) is 7.59. The van der Waals surface area contributed by atoms with E-state index in [9.17, 15) is 9.18 Å². The van der Waals surface area contributed by atoms with Gasteiger partial charge in [-0.1, -0.05) is 12.1 Å². The summed E-state index contributed by atoms with van der Waals surface area (Å²) in [5.41, 5.74) is 6.02. The molecule has 0 bridgehead atoms. The molecule has 1 aliphatic heterocycles. The molecular formula is C26H28FN3O. The van der Waals surface area contributed by atoms with Gasteiger partial charge in [0, 0.05) is 47.3 Å². The monoisotopic (exact) mass is 417 g/mol. The lowest BCUT2D eigenvalue weighted by atomic mass is 9.71. The fraction of sp³-hybridized carbons (Fsp3) is 0.423. The Labute approximate surface area is 181 Å². The molecule has 1 aromatic heterocycles. The minimum Gasteiger partial charge on any atom is -0.358 e. The van der Waals surface area contributed by atoms with Crippen LogP contribution in [0.3, 0.4) is 0 Å². The SMILES string of the molecule is Cc1[nH]c2cccc3c2c1C[C@@H]1[C@@H]3C[C@@H](C(=O)Nc2ccc(F)cc2)CN1CC1CC1. The van der Waals surface area contributed by atoms with Gasteiger partial charge in [-0.25, -0.2) is 4.39 Å². The molecule has 1 saturated heterocycles. The van der Waals surface area contributed by atoms with Gasteiger partial charge in [-0.2, -0.15) is 0 Å². The van der Waals surface area contributed by atoms with E-state index in [-0.39, 0.29) is 17.6 Å². The predicted molar refractivity (Wildman–Crippen MR) is 121 cm³/mol. The minimum absolute atomic E-state index is 0.0501. The molecule has 1 amide bonds. The summed E-state index contributed by atoms with van der Waals surface area (Å²) in [5, 5.41) is 4.42. The summed E-state index contributed by atoms with van der Waals surface area (Å²) in [4.78, 5) is 19.4. The lowest BCUT2D eigenvalue weighted by Gasteiger charge is -2.47. The highest BCUT2D eigenvalue weighted by molar-refractivity contribution is 5.93. The second-order valence-corrected chi connectivity index (χ2v) is 9.70. The molecule has 3 aliphatic rings. The van der Waals surface area contributed by atoms with Gasteiger partial charge < -0.3 is 10.3 Å². The molecule has 5 heteroatoms. The molecule has 31 heavy (non-hydrogen) atoms. The molecule has 2 heterocycles. The number of hydrogen-bond donors (Lipinski definition) is 2. The van der Waals surface area contributed by atoms with Gasteiger partial charge in [0.1, 0.15) is 5.82 Å². The van der Waals surface area contributed by atoms with Crippen molar-refractivity contribution >= 4 is 22.5 Å². The van der Waals surface area contributed by atoms with Crippen molar-refractivity contribution in [2.45, 2.75) is 44.6 Å². The maximum absolute atomic E-state index is 13.3. The number of fused-ring (bicyclic) bond motifs is 2. The van der Waals surface area contributed by atoms with Crippen LogP contribution in [0.5, 0.6) is 0 Å². The highest BCUT2D eigenvalue weighted by atomic mass is 19.1. The number of aryl methyl sites for hydroxylation is 1. The van der Waals surface area contributed by atoms with Crippen LogP contribution in [0.1, 0.15) is 42.0 Å². The summed E-state index contributed by atoms with van der Waals surface area (Å²) >= 11 is 0. The van der Waals surface area contributed by atoms with Crippen molar-refractivity contribution < 1.29 is 9.18 Å². The van der Waals surface area contributed by atoms with Crippen molar-refractivity contribution in [3.8, 4) is 0 Å². The van der Waals surface area contributed by atoms with Crippen molar-refractivity contribution in [3.05, 3.63) is 65.1 Å². The van der Waals surface area contributed by atoms with Crippen LogP contribution < -0.4 is 5.32 Å². The normalized spacial score (nSPS) is 25.4. The number of nitrogens with zero attached hydrogens (tertiary/aromatic N) is 1. The van der Waals surface area contributed by atoms with Gasteiger partial charge in [-0.3, -0.25) is 9.69 Å². The summed E-state index contributed by atoms with van der Waals surface area (Å²) in [6.45, 7) is 4.09. The molecule has 160 valence electrons. The molecule has 0 spiro atoms. The van der Waals surface area contributed by atoms with E-state index in [0.717, 1.165) is 31.8 Å². The fourth-order valence-corrected chi connectivity index (χ4v) is 5.88. The maximum Gasteiger partial charge on any atom is 0.228 e. The number of anilines is 1. The molecule has 4 nitrogen and oxygen atoms in total. The third kappa shape index (κ3) is 3.35. The van der Waals surface area contributed by atoms with Gasteiger partial charge in [0.2, 0.25) is 5.91 Å². The first-order valence-corrected chi connectivity index (χ1v) is 11.5. The number of likely N-dealkylation sites (tertiary alicyclic amines) is 1. The van der Waals surface area contributed by atoms with Crippen LogP contribution in [0.15, 0.2) is 42.5 Å². The van der Waals surface area contributed by atoms with Gasteiger partial charge >= 0.3 is 0 Å². The molecule has 2 aliphatic carbocycles. The molecule has 0 radical (unpaired) electrons. The first-order valence-electron chi connectivity index (χ1n) is 11.5. The predicted octanol–water partition coefficient (Wildman–Crippen LogP) is 4.99. The number of nitrogens with one attached hydrogen (secondary N) is 2. The lowest BCUT2D eigenvalue weighted by Crippen LogP contribution is -2.52. The van der Waals surface area contributed by atoms with Crippen molar-refractivity contribution in [2.75, 3.05) is 18.4 Å². The fourth-order valence-electron chi connectivity index (χ4n) is 5.88. The number of hydrogen-bond acceptors (Lipinski definition) is 2. The topological polar surface area (TPSA) is 48.1 Å². The van der Waals surface area contributed by atoms with E-state index in [1.54, 1.807) is 12.1 Å². The molecular weight excluding hydrogens is 389 g/mol. The van der Waals surface area contributed by atoms with Gasteiger partial charge in [0.25, 0.3) is 0 Å². The summed E-state index contributed by atoms with van der Waals surface area (Å²) in [7, 11) is 0. The van der Waals surface area contributed by atoms with E-state index in [4.69, 9.17) is 0 Å². The number of halogens is 1. The van der Waals surface area contributed by atoms with Crippen LogP contribution in [-0.4, -0.2) is 34.9 Å². The first-order chi connectivity index (χ1) is 15.1. The summed E-state index contributed by atoms with van der Waals surface area (Å²) < 4.78 is 13.3. The first kappa shape index (κ1) is 19.1. The number of H-pyrrole nitrogens is 1. The Morgan fingerprint density at radius 1 is 1.19 bits per heavy atom. The van der Waals surface area contributed by atoms with Crippen LogP contribution >= 0.6 is 0 Å². The Morgan fingerprint density at radius 3 is 2.77 bits per heavy atom. The number of carbonyl (C=O) groups excluding carboxylic acids is 1. The average molecular weight is 418 g/mol. The standard InChI is InChI=1S/C26H28FN3O/c1-15-21-12-24-22(20-3-2-4-23(28-15)25(20)21)11-17(14-30(24)13-16-5-6-16)26(31)29-19-9-7-18(27)8-10-19/h2-4,7-10,16-17,22,24,28H,5-6,11-14H2,1H3,(H,29,31)/t17-,22-,24-/m1/s1. The molecule has 3 aromatic rings. The number of benzene rings is 2. The second-order valence-electron chi connectivity index (χ2n) is 9.70. The number of amides is 1. The molecule has 3 atom stereocenters. The van der Waals surface area contributed by atoms with Crippen molar-refractivity contribution in [1.29, 1.82) is 0 Å². The van der Waals surface area contributed by atoms with Crippen molar-refractivity contribution in [1.82, 2.24) is 9.88 Å². The zero-order chi connectivity index (χ0) is 21.1. The van der Waals surface area contributed by atoms with Crippen LogP contribution in [0.2, 0.25) is 0 Å². The molecule has 2 fully saturated rings. The van der Waals surface area contributed by atoms with Crippen molar-refractivity contribution in [3.63, 3.8) is 0 Å². The molecule has 0 unspecified atom stereocenters. The number of aromatic amines is 1. The molecule has 6 rings (SSSR count). The van der Waals surface area contributed by atoms with Gasteiger partial charge in [-0.15, -0.1) is 0 Å². The summed E-state index contributed by atoms with van der Waals surface area (Å²) in [6.07, 6.45) is 4.54. The van der Waals surface area contributed by atoms with E-state index >= 15 is 0 Å². The second kappa shape index (κ2) is 7.20. The van der Waals surface area contributed by atoms with Gasteiger partial charge in [0.15, 0.2) is 0 Å². The zero-order valence-electron chi connectivity index (χ0n) is 17.8. The molecule has 2 aromatic carbocycles. The minimum atomic E-state index is -0.290. The highest BCUT2D eigenvalue weighted by Crippen LogP contribution is 2.47. The smallest absolute Gasteiger partial charge is 0.228 e. The average Bonchev–Trinajstić information content (AvgIpc) is 3.53. The van der Waals surface area contributed by atoms with E-state index < -0.39 is 0 Å². The van der Waals surface area contributed by atoms with Gasteiger partial charge in [-0.05, 0) is 80.0 Å². The van der Waals surface area contributed by atoms with Crippen LogP contribution in [0.25, 0.3) is 10.9 Å². The van der Waals surface area contributed by atoms with E-state index in [1.807, 2.05) is 0 Å². The zero-order valence-corrected chi connectivity index (χ0v) is 17.8. The maximum atomic E-state index is 13.3. The van der Waals surface area contributed by atoms with Crippen LogP contribution in [0.4, 0.5) is 10.1 Å². The number of piperidine rings is 1. The Kier molecular flexibility index (Phi) is 4.42. The molecule has 2 N–H and O–H groups in total. The number of rotatable bonds is 4. The Balaban J connectivity index is 1.33. The highest BCUT2D eigenvalue weighted by Gasteiger charge is 2.44. The Bertz CT molecular complexity index is 1150. The number of aromatic nitrogens is 1. The van der Waals surface area contributed by atoms with E-state index in [1.165, 1.54) is 52.7 Å². The Morgan fingerprint density at radius 2 is 2.00 bits per heavy atom. The van der Waals surface area contributed by atoms with E-state index in [0.29, 0.717) is 17.6 Å². The quantitative estimate of drug-likeness (QED) is 0.628. The summed E-state index contributed by atoms with van der Waals surface area (Å²) in [6, 6.07) is 13.1. The van der Waals surface area contributed by atoms with Gasteiger partial charge in [0.05, 0.1) is 5.92 Å². The molecule has 1 saturated carbocycles. The Hall–Kier alpha value is -2.66. The van der Waals surface area contributed by atoms with E-state index in [2.05, 4.69) is 40.3 Å². The van der Waals surface area contributed by atoms with Crippen molar-refractivity contribution in [2.24, 2.45) is 11.8 Å². The largest absolute Gasteiger partial charge is 0.358 e. The number of carbonyl (C=O) groups is 1. The summed E-state index contributed by atoms with van der Waals surface area (Å²) in [5.74, 6) is 0.838. The third-order valence-corrected chi connectivity index (χ3v) is 7.59. The van der Waals surface area contributed by atoms with Crippen LogP contribution in [-0.2, 0) is 11.2 Å².